The third-order valence-electron chi connectivity index (χ3n) is 8.48. The molecule has 3 saturated heterocycles. The van der Waals surface area contributed by atoms with Gasteiger partial charge in [0.2, 0.25) is 0 Å². The standard InChI is InChI=1S/C32H37N5O2/c1-3-24-20-36-17-14-25(24)18-31(36)32(28-13-15-33-30-12-11-27(38-2)19-29(28)30)39-22-26-21-37(35-34-26)16-7-10-23-8-5-4-6-9-23/h3-6,8-9,11-13,15,19,21,24-25,31-32H,1,7,10,14,16-18,20,22H2,2H3/t24-,25-,31+,32+/m0/s1. The second-order valence-electron chi connectivity index (χ2n) is 10.8. The summed E-state index contributed by atoms with van der Waals surface area (Å²) in [4.78, 5) is 7.23. The number of ether oxygens (including phenoxy) is 2. The van der Waals surface area contributed by atoms with Crippen LogP contribution in [0.15, 0.2) is 79.6 Å². The molecule has 0 amide bonds. The molecular weight excluding hydrogens is 486 g/mol. The van der Waals surface area contributed by atoms with Gasteiger partial charge in [-0.15, -0.1) is 11.7 Å². The number of rotatable bonds is 11. The number of fused-ring (bicyclic) bond motifs is 4. The number of hydrogen-bond acceptors (Lipinski definition) is 6. The van der Waals surface area contributed by atoms with Crippen molar-refractivity contribution in [2.24, 2.45) is 11.8 Å². The van der Waals surface area contributed by atoms with Gasteiger partial charge >= 0.3 is 0 Å². The summed E-state index contributed by atoms with van der Waals surface area (Å²) in [7, 11) is 1.70. The molecular formula is C32H37N5O2. The molecule has 1 unspecified atom stereocenters. The zero-order valence-corrected chi connectivity index (χ0v) is 22.7. The molecule has 5 heterocycles. The Balaban J connectivity index is 1.21. The topological polar surface area (TPSA) is 65.3 Å². The zero-order chi connectivity index (χ0) is 26.6. The third kappa shape index (κ3) is 5.60. The Kier molecular flexibility index (Phi) is 7.70. The van der Waals surface area contributed by atoms with Crippen LogP contribution >= 0.6 is 0 Å². The number of hydrogen-bond donors (Lipinski definition) is 0. The normalized spacial score (nSPS) is 23.1. The monoisotopic (exact) mass is 523 g/mol. The molecule has 7 rings (SSSR count). The zero-order valence-electron chi connectivity index (χ0n) is 22.7. The molecule has 4 aromatic rings. The van der Waals surface area contributed by atoms with E-state index in [4.69, 9.17) is 9.47 Å². The lowest BCUT2D eigenvalue weighted by Crippen LogP contribution is -2.55. The van der Waals surface area contributed by atoms with E-state index in [2.05, 4.69) is 75.3 Å². The summed E-state index contributed by atoms with van der Waals surface area (Å²) >= 11 is 0. The van der Waals surface area contributed by atoms with Crippen molar-refractivity contribution in [2.75, 3.05) is 20.2 Å². The van der Waals surface area contributed by atoms with E-state index in [1.807, 2.05) is 29.2 Å². The van der Waals surface area contributed by atoms with E-state index in [-0.39, 0.29) is 12.1 Å². The summed E-state index contributed by atoms with van der Waals surface area (Å²) in [5.41, 5.74) is 4.31. The smallest absolute Gasteiger partial charge is 0.119 e. The summed E-state index contributed by atoms with van der Waals surface area (Å²) < 4.78 is 14.3. The number of nitrogens with zero attached hydrogens (tertiary/aromatic N) is 5. The Labute approximate surface area is 230 Å². The van der Waals surface area contributed by atoms with Crippen LogP contribution in [0, 0.1) is 11.8 Å². The molecule has 3 fully saturated rings. The van der Waals surface area contributed by atoms with Gasteiger partial charge in [0.15, 0.2) is 0 Å². The van der Waals surface area contributed by atoms with Crippen molar-refractivity contribution in [3.05, 3.63) is 96.5 Å². The highest BCUT2D eigenvalue weighted by Gasteiger charge is 2.43. The van der Waals surface area contributed by atoms with Crippen molar-refractivity contribution in [3.8, 4) is 5.75 Å². The molecule has 0 N–H and O–H groups in total. The highest BCUT2D eigenvalue weighted by atomic mass is 16.5. The van der Waals surface area contributed by atoms with E-state index >= 15 is 0 Å². The second-order valence-corrected chi connectivity index (χ2v) is 10.8. The van der Waals surface area contributed by atoms with Crippen LogP contribution in [0.3, 0.4) is 0 Å². The number of benzene rings is 2. The Morgan fingerprint density at radius 1 is 1.15 bits per heavy atom. The maximum Gasteiger partial charge on any atom is 0.119 e. The van der Waals surface area contributed by atoms with Crippen molar-refractivity contribution < 1.29 is 9.47 Å². The highest BCUT2D eigenvalue weighted by Crippen LogP contribution is 2.43. The molecule has 3 aliphatic heterocycles. The van der Waals surface area contributed by atoms with Gasteiger partial charge in [-0.2, -0.15) is 0 Å². The SMILES string of the molecule is C=C[C@H]1CN2CC[C@H]1C[C@@H]2[C@H](OCc1cn(CCCc2ccccc2)nn1)c1ccnc2ccc(OC)cc12. The average Bonchev–Trinajstić information content (AvgIpc) is 3.45. The van der Waals surface area contributed by atoms with Crippen LogP contribution in [0.25, 0.3) is 10.9 Å². The van der Waals surface area contributed by atoms with Crippen LogP contribution < -0.4 is 4.74 Å². The molecule has 0 saturated carbocycles. The lowest BCUT2D eigenvalue weighted by molar-refractivity contribution is -0.0809. The molecule has 0 radical (unpaired) electrons. The van der Waals surface area contributed by atoms with Gasteiger partial charge < -0.3 is 9.47 Å². The molecule has 2 aromatic carbocycles. The molecule has 2 bridgehead atoms. The Bertz CT molecular complexity index is 1400. The van der Waals surface area contributed by atoms with Gasteiger partial charge in [0.05, 0.1) is 31.5 Å². The summed E-state index contributed by atoms with van der Waals surface area (Å²) in [5.74, 6) is 2.03. The van der Waals surface area contributed by atoms with Crippen molar-refractivity contribution in [1.82, 2.24) is 24.9 Å². The maximum atomic E-state index is 6.79. The first-order valence-corrected chi connectivity index (χ1v) is 14.1. The Morgan fingerprint density at radius 3 is 2.85 bits per heavy atom. The first-order valence-electron chi connectivity index (χ1n) is 14.1. The summed E-state index contributed by atoms with van der Waals surface area (Å²) in [5, 5.41) is 9.90. The molecule has 7 heteroatoms. The minimum absolute atomic E-state index is 0.112. The van der Waals surface area contributed by atoms with Crippen LogP contribution in [-0.4, -0.2) is 51.1 Å². The molecule has 2 aromatic heterocycles. The minimum Gasteiger partial charge on any atom is -0.497 e. The van der Waals surface area contributed by atoms with E-state index in [1.165, 1.54) is 12.0 Å². The van der Waals surface area contributed by atoms with E-state index in [9.17, 15) is 0 Å². The highest BCUT2D eigenvalue weighted by molar-refractivity contribution is 5.84. The fourth-order valence-electron chi connectivity index (χ4n) is 6.40. The van der Waals surface area contributed by atoms with Gasteiger partial charge in [-0.3, -0.25) is 14.6 Å². The van der Waals surface area contributed by atoms with Gasteiger partial charge in [0, 0.05) is 30.7 Å². The maximum absolute atomic E-state index is 6.79. The van der Waals surface area contributed by atoms with Gasteiger partial charge in [-0.25, -0.2) is 0 Å². The minimum atomic E-state index is -0.112. The van der Waals surface area contributed by atoms with Gasteiger partial charge in [0.25, 0.3) is 0 Å². The fraction of sp³-hybridized carbons (Fsp3) is 0.406. The molecule has 3 aliphatic rings. The van der Waals surface area contributed by atoms with E-state index in [0.29, 0.717) is 18.4 Å². The Hall–Kier alpha value is -3.55. The number of aryl methyl sites for hydroxylation is 2. The second kappa shape index (κ2) is 11.7. The summed E-state index contributed by atoms with van der Waals surface area (Å²) in [6.45, 7) is 7.50. The fourth-order valence-corrected chi connectivity index (χ4v) is 6.40. The van der Waals surface area contributed by atoms with Crippen LogP contribution in [0.4, 0.5) is 0 Å². The quantitative estimate of drug-likeness (QED) is 0.238. The van der Waals surface area contributed by atoms with Crippen LogP contribution in [0.5, 0.6) is 5.75 Å². The molecule has 0 spiro atoms. The van der Waals surface area contributed by atoms with Crippen molar-refractivity contribution in [2.45, 2.75) is 51.0 Å². The van der Waals surface area contributed by atoms with Gasteiger partial charge in [0.1, 0.15) is 11.4 Å². The number of pyridine rings is 1. The van der Waals surface area contributed by atoms with Crippen LogP contribution in [-0.2, 0) is 24.3 Å². The molecule has 39 heavy (non-hydrogen) atoms. The third-order valence-corrected chi connectivity index (χ3v) is 8.48. The summed E-state index contributed by atoms with van der Waals surface area (Å²) in [6.07, 6.45) is 10.3. The lowest BCUT2D eigenvalue weighted by atomic mass is 9.73. The number of aromatic nitrogens is 4. The van der Waals surface area contributed by atoms with Crippen LogP contribution in [0.2, 0.25) is 0 Å². The first-order chi connectivity index (χ1) is 19.2. The predicted octanol–water partition coefficient (Wildman–Crippen LogP) is 5.62. The predicted molar refractivity (Wildman–Crippen MR) is 152 cm³/mol. The molecule has 202 valence electrons. The lowest BCUT2D eigenvalue weighted by Gasteiger charge is -2.51. The Morgan fingerprint density at radius 2 is 2.05 bits per heavy atom. The van der Waals surface area contributed by atoms with Crippen molar-refractivity contribution in [3.63, 3.8) is 0 Å². The van der Waals surface area contributed by atoms with Crippen LogP contribution in [0.1, 0.15) is 42.2 Å². The van der Waals surface area contributed by atoms with Gasteiger partial charge in [-0.1, -0.05) is 41.6 Å². The average molecular weight is 524 g/mol. The van der Waals surface area contributed by atoms with Crippen molar-refractivity contribution in [1.29, 1.82) is 0 Å². The molecule has 0 aliphatic carbocycles. The summed E-state index contributed by atoms with van der Waals surface area (Å²) in [6, 6.07) is 19.0. The molecule has 5 atom stereocenters. The van der Waals surface area contributed by atoms with E-state index in [1.54, 1.807) is 7.11 Å². The first kappa shape index (κ1) is 25.7. The van der Waals surface area contributed by atoms with E-state index in [0.717, 1.165) is 66.8 Å². The molecule has 7 nitrogen and oxygen atoms in total. The van der Waals surface area contributed by atoms with Gasteiger partial charge in [-0.05, 0) is 79.5 Å². The number of methoxy groups -OCH3 is 1. The van der Waals surface area contributed by atoms with Crippen molar-refractivity contribution >= 4 is 10.9 Å². The van der Waals surface area contributed by atoms with E-state index < -0.39 is 0 Å². The number of piperidine rings is 3. The largest absolute Gasteiger partial charge is 0.497 e.